The molecule has 0 saturated carbocycles. The lowest BCUT2D eigenvalue weighted by molar-refractivity contribution is -0.393. The summed E-state index contributed by atoms with van der Waals surface area (Å²) in [5.74, 6) is 0.245. The van der Waals surface area contributed by atoms with Gasteiger partial charge < -0.3 is 0 Å². The first kappa shape index (κ1) is 14.6. The SMILES string of the molecule is CC1=CCC(C)C1=NNc1ccc([N+](=O)[O-])cc1[N+](=O)[O-]. The molecule has 1 aromatic carbocycles. The molecule has 21 heavy (non-hydrogen) atoms. The fraction of sp³-hybridized carbons (Fsp3) is 0.308. The Morgan fingerprint density at radius 3 is 2.52 bits per heavy atom. The summed E-state index contributed by atoms with van der Waals surface area (Å²) in [5.41, 5.74) is 3.94. The number of hydrogen-bond acceptors (Lipinski definition) is 6. The molecule has 1 unspecified atom stereocenters. The number of allylic oxidation sites excluding steroid dienone is 2. The molecule has 1 aromatic rings. The summed E-state index contributed by atoms with van der Waals surface area (Å²) in [6.07, 6.45) is 2.93. The van der Waals surface area contributed by atoms with Crippen molar-refractivity contribution in [1.82, 2.24) is 0 Å². The zero-order chi connectivity index (χ0) is 15.6. The molecule has 1 aliphatic rings. The van der Waals surface area contributed by atoms with Gasteiger partial charge in [0.05, 0.1) is 21.6 Å². The minimum atomic E-state index is -0.672. The highest BCUT2D eigenvalue weighted by molar-refractivity contribution is 6.03. The molecular formula is C13H14N4O4. The zero-order valence-corrected chi connectivity index (χ0v) is 11.6. The van der Waals surface area contributed by atoms with Crippen molar-refractivity contribution in [2.45, 2.75) is 20.3 Å². The van der Waals surface area contributed by atoms with Crippen LogP contribution in [0.5, 0.6) is 0 Å². The number of nitro groups is 2. The van der Waals surface area contributed by atoms with E-state index >= 15 is 0 Å². The summed E-state index contributed by atoms with van der Waals surface area (Å²) >= 11 is 0. The van der Waals surface area contributed by atoms with E-state index in [1.165, 1.54) is 12.1 Å². The Kier molecular flexibility index (Phi) is 3.97. The van der Waals surface area contributed by atoms with Gasteiger partial charge in [-0.2, -0.15) is 5.10 Å². The smallest absolute Gasteiger partial charge is 0.271 e. The minimum Gasteiger partial charge on any atom is -0.271 e. The second-order valence-electron chi connectivity index (χ2n) is 4.85. The number of hydrazone groups is 1. The molecule has 0 spiro atoms. The van der Waals surface area contributed by atoms with Crippen molar-refractivity contribution >= 4 is 22.8 Å². The molecular weight excluding hydrogens is 276 g/mol. The molecule has 0 aromatic heterocycles. The quantitative estimate of drug-likeness (QED) is 0.675. The van der Waals surface area contributed by atoms with Gasteiger partial charge in [-0.3, -0.25) is 25.7 Å². The Morgan fingerprint density at radius 2 is 2.00 bits per heavy atom. The number of non-ortho nitro benzene ring substituents is 1. The largest absolute Gasteiger partial charge is 0.301 e. The van der Waals surface area contributed by atoms with E-state index in [0.717, 1.165) is 23.8 Å². The first-order valence-electron chi connectivity index (χ1n) is 6.33. The number of hydrogen-bond donors (Lipinski definition) is 1. The summed E-state index contributed by atoms with van der Waals surface area (Å²) in [4.78, 5) is 20.3. The van der Waals surface area contributed by atoms with Gasteiger partial charge >= 0.3 is 5.69 Å². The molecule has 0 bridgehead atoms. The highest BCUT2D eigenvalue weighted by Crippen LogP contribution is 2.29. The predicted molar refractivity (Wildman–Crippen MR) is 78.3 cm³/mol. The molecule has 0 heterocycles. The Labute approximate surface area is 120 Å². The molecule has 0 amide bonds. The molecule has 1 aliphatic carbocycles. The lowest BCUT2D eigenvalue weighted by Crippen LogP contribution is -2.09. The van der Waals surface area contributed by atoms with Gasteiger partial charge in [0.15, 0.2) is 0 Å². The molecule has 1 atom stereocenters. The number of rotatable bonds is 4. The van der Waals surface area contributed by atoms with Gasteiger partial charge in [-0.25, -0.2) is 0 Å². The third-order valence-corrected chi connectivity index (χ3v) is 3.33. The first-order valence-corrected chi connectivity index (χ1v) is 6.33. The van der Waals surface area contributed by atoms with Gasteiger partial charge in [0.2, 0.25) is 0 Å². The van der Waals surface area contributed by atoms with Crippen molar-refractivity contribution in [3.05, 3.63) is 50.1 Å². The van der Waals surface area contributed by atoms with E-state index in [4.69, 9.17) is 0 Å². The summed E-state index contributed by atoms with van der Waals surface area (Å²) < 4.78 is 0. The van der Waals surface area contributed by atoms with E-state index in [2.05, 4.69) is 16.6 Å². The Morgan fingerprint density at radius 1 is 1.29 bits per heavy atom. The molecule has 8 heteroatoms. The Hall–Kier alpha value is -2.77. The van der Waals surface area contributed by atoms with Gasteiger partial charge in [-0.1, -0.05) is 13.0 Å². The second kappa shape index (κ2) is 5.70. The average Bonchev–Trinajstić information content (AvgIpc) is 2.75. The number of nitro benzene ring substituents is 2. The van der Waals surface area contributed by atoms with Crippen LogP contribution in [0.15, 0.2) is 34.9 Å². The van der Waals surface area contributed by atoms with E-state index < -0.39 is 9.85 Å². The average molecular weight is 290 g/mol. The van der Waals surface area contributed by atoms with Crippen molar-refractivity contribution < 1.29 is 9.85 Å². The van der Waals surface area contributed by atoms with Crippen molar-refractivity contribution in [1.29, 1.82) is 0 Å². The van der Waals surface area contributed by atoms with Crippen LogP contribution >= 0.6 is 0 Å². The summed E-state index contributed by atoms with van der Waals surface area (Å²) in [7, 11) is 0. The standard InChI is InChI=1S/C13H14N4O4/c1-8-3-4-9(2)13(8)15-14-11-6-5-10(16(18)19)7-12(11)17(20)21/h3,5-7,9,14H,4H2,1-2H3. The van der Waals surface area contributed by atoms with Crippen molar-refractivity contribution in [2.24, 2.45) is 11.0 Å². The van der Waals surface area contributed by atoms with Crippen LogP contribution in [-0.4, -0.2) is 15.6 Å². The van der Waals surface area contributed by atoms with Crippen LogP contribution in [0.25, 0.3) is 0 Å². The number of nitrogens with zero attached hydrogens (tertiary/aromatic N) is 3. The van der Waals surface area contributed by atoms with Gasteiger partial charge in [0.25, 0.3) is 5.69 Å². The predicted octanol–water partition coefficient (Wildman–Crippen LogP) is 3.26. The van der Waals surface area contributed by atoms with Crippen molar-refractivity contribution in [2.75, 3.05) is 5.43 Å². The van der Waals surface area contributed by atoms with Crippen LogP contribution in [-0.2, 0) is 0 Å². The number of anilines is 1. The minimum absolute atomic E-state index is 0.130. The van der Waals surface area contributed by atoms with Crippen LogP contribution in [0, 0.1) is 26.1 Å². The highest BCUT2D eigenvalue weighted by Gasteiger charge is 2.21. The van der Waals surface area contributed by atoms with Crippen LogP contribution in [0.2, 0.25) is 0 Å². The van der Waals surface area contributed by atoms with Crippen LogP contribution < -0.4 is 5.43 Å². The van der Waals surface area contributed by atoms with E-state index in [1.807, 2.05) is 13.8 Å². The van der Waals surface area contributed by atoms with Crippen LogP contribution in [0.3, 0.4) is 0 Å². The van der Waals surface area contributed by atoms with Gasteiger partial charge in [-0.05, 0) is 25.0 Å². The van der Waals surface area contributed by atoms with Crippen molar-refractivity contribution in [3.8, 4) is 0 Å². The fourth-order valence-corrected chi connectivity index (χ4v) is 2.16. The second-order valence-corrected chi connectivity index (χ2v) is 4.85. The molecule has 0 radical (unpaired) electrons. The van der Waals surface area contributed by atoms with Crippen molar-refractivity contribution in [3.63, 3.8) is 0 Å². The number of benzene rings is 1. The summed E-state index contributed by atoms with van der Waals surface area (Å²) in [5, 5.41) is 25.9. The van der Waals surface area contributed by atoms with Gasteiger partial charge in [0.1, 0.15) is 5.69 Å². The number of nitrogens with one attached hydrogen (secondary N) is 1. The van der Waals surface area contributed by atoms with E-state index in [-0.39, 0.29) is 23.0 Å². The lowest BCUT2D eigenvalue weighted by Gasteiger charge is -2.07. The maximum Gasteiger partial charge on any atom is 0.301 e. The highest BCUT2D eigenvalue weighted by atomic mass is 16.6. The monoisotopic (exact) mass is 290 g/mol. The fourth-order valence-electron chi connectivity index (χ4n) is 2.16. The Balaban J connectivity index is 2.32. The molecule has 1 N–H and O–H groups in total. The van der Waals surface area contributed by atoms with Crippen LogP contribution in [0.1, 0.15) is 20.3 Å². The van der Waals surface area contributed by atoms with Gasteiger partial charge in [-0.15, -0.1) is 0 Å². The molecule has 2 rings (SSSR count). The molecule has 8 nitrogen and oxygen atoms in total. The van der Waals surface area contributed by atoms with Crippen LogP contribution in [0.4, 0.5) is 17.1 Å². The summed E-state index contributed by atoms with van der Waals surface area (Å²) in [6, 6.07) is 3.42. The molecule has 0 aliphatic heterocycles. The lowest BCUT2D eigenvalue weighted by atomic mass is 10.1. The van der Waals surface area contributed by atoms with E-state index in [9.17, 15) is 20.2 Å². The zero-order valence-electron chi connectivity index (χ0n) is 11.6. The van der Waals surface area contributed by atoms with Gasteiger partial charge in [0, 0.05) is 12.0 Å². The summed E-state index contributed by atoms with van der Waals surface area (Å²) in [6.45, 7) is 3.94. The molecule has 0 saturated heterocycles. The maximum atomic E-state index is 11.0. The molecule has 0 fully saturated rings. The normalized spacial score (nSPS) is 19.4. The Bertz CT molecular complexity index is 666. The maximum absolute atomic E-state index is 11.0. The third-order valence-electron chi connectivity index (χ3n) is 3.33. The van der Waals surface area contributed by atoms with E-state index in [0.29, 0.717) is 0 Å². The topological polar surface area (TPSA) is 111 Å². The molecule has 110 valence electrons. The van der Waals surface area contributed by atoms with E-state index in [1.54, 1.807) is 0 Å². The third kappa shape index (κ3) is 3.04. The first-order chi connectivity index (χ1) is 9.90.